The molecule has 2 aromatic carbocycles. The number of carbonyl (C=O) groups excluding carboxylic acids is 1. The molecule has 1 aliphatic heterocycles. The molecule has 3 rings (SSSR count). The molecule has 2 aromatic rings. The topological polar surface area (TPSA) is 122 Å². The Morgan fingerprint density at radius 2 is 1.89 bits per heavy atom. The van der Waals surface area contributed by atoms with Gasteiger partial charge in [-0.2, -0.15) is 0 Å². The summed E-state index contributed by atoms with van der Waals surface area (Å²) in [5, 5.41) is 8.94. The molecular weight excluding hydrogens is 350 g/mol. The number of hydrazine groups is 1. The Morgan fingerprint density at radius 3 is 2.52 bits per heavy atom. The zero-order chi connectivity index (χ0) is 19.6. The van der Waals surface area contributed by atoms with E-state index in [1.165, 1.54) is 0 Å². The van der Waals surface area contributed by atoms with Gasteiger partial charge in [-0.05, 0) is 23.6 Å². The Hall–Kier alpha value is -3.52. The van der Waals surface area contributed by atoms with Crippen molar-refractivity contribution in [2.45, 2.75) is 19.5 Å². The highest BCUT2D eigenvalue weighted by Gasteiger charge is 2.39. The molecule has 1 heterocycles. The predicted octanol–water partition coefficient (Wildman–Crippen LogP) is 2.04. The first kappa shape index (κ1) is 18.3. The molecule has 1 aliphatic rings. The van der Waals surface area contributed by atoms with Crippen LogP contribution in [0, 0.1) is 4.91 Å². The first-order valence-corrected chi connectivity index (χ1v) is 8.29. The summed E-state index contributed by atoms with van der Waals surface area (Å²) in [5.41, 5.74) is 11.7. The number of nitrogens with one attached hydrogen (secondary N) is 1. The van der Waals surface area contributed by atoms with Crippen molar-refractivity contribution in [1.82, 2.24) is 0 Å². The van der Waals surface area contributed by atoms with E-state index in [4.69, 9.17) is 15.6 Å². The molecule has 0 aromatic heterocycles. The third kappa shape index (κ3) is 3.42. The second-order valence-electron chi connectivity index (χ2n) is 5.88. The summed E-state index contributed by atoms with van der Waals surface area (Å²) in [4.78, 5) is 35.5. The highest BCUT2D eigenvalue weighted by atomic mass is 16.6. The SMILES string of the molecule is CCc1cccc2c1C(c1ccccc1)=C(OC(=O)C(=O)O)[C@H](N)[N+](=O)N2. The molecule has 0 aliphatic carbocycles. The van der Waals surface area contributed by atoms with Crippen LogP contribution in [-0.2, 0) is 20.7 Å². The number of carbonyl (C=O) groups is 2. The molecule has 0 bridgehead atoms. The highest BCUT2D eigenvalue weighted by molar-refractivity contribution is 6.29. The average molecular weight is 368 g/mol. The Kier molecular flexibility index (Phi) is 5.00. The monoisotopic (exact) mass is 368 g/mol. The normalized spacial score (nSPS) is 16.2. The van der Waals surface area contributed by atoms with Crippen molar-refractivity contribution in [2.75, 3.05) is 5.43 Å². The van der Waals surface area contributed by atoms with Gasteiger partial charge in [0.1, 0.15) is 10.6 Å². The summed E-state index contributed by atoms with van der Waals surface area (Å²) in [5.74, 6) is -3.52. The van der Waals surface area contributed by atoms with E-state index in [0.29, 0.717) is 33.7 Å². The second-order valence-corrected chi connectivity index (χ2v) is 5.88. The second kappa shape index (κ2) is 7.38. The first-order valence-electron chi connectivity index (χ1n) is 8.29. The van der Waals surface area contributed by atoms with Gasteiger partial charge in [0.15, 0.2) is 0 Å². The van der Waals surface area contributed by atoms with E-state index >= 15 is 0 Å². The van der Waals surface area contributed by atoms with Gasteiger partial charge < -0.3 is 9.84 Å². The summed E-state index contributed by atoms with van der Waals surface area (Å²) in [6, 6.07) is 14.3. The molecule has 1 atom stereocenters. The van der Waals surface area contributed by atoms with Crippen LogP contribution in [0.25, 0.3) is 5.57 Å². The average Bonchev–Trinajstić information content (AvgIpc) is 2.77. The number of nitroso groups, excluding NO2 is 1. The molecule has 4 N–H and O–H groups in total. The van der Waals surface area contributed by atoms with Gasteiger partial charge >= 0.3 is 18.1 Å². The van der Waals surface area contributed by atoms with E-state index in [0.717, 1.165) is 5.56 Å². The van der Waals surface area contributed by atoms with Crippen LogP contribution in [0.1, 0.15) is 23.6 Å². The van der Waals surface area contributed by atoms with Crippen LogP contribution >= 0.6 is 0 Å². The molecule has 27 heavy (non-hydrogen) atoms. The number of esters is 1. The molecule has 0 saturated heterocycles. The summed E-state index contributed by atoms with van der Waals surface area (Å²) in [6.45, 7) is 1.95. The van der Waals surface area contributed by atoms with Crippen LogP contribution in [0.3, 0.4) is 0 Å². The van der Waals surface area contributed by atoms with E-state index in [2.05, 4.69) is 5.43 Å². The number of anilines is 1. The molecule has 0 amide bonds. The Balaban J connectivity index is 2.37. The summed E-state index contributed by atoms with van der Waals surface area (Å²) >= 11 is 0. The molecule has 0 fully saturated rings. The lowest BCUT2D eigenvalue weighted by atomic mass is 9.90. The van der Waals surface area contributed by atoms with Crippen LogP contribution in [0.4, 0.5) is 5.69 Å². The number of nitrogens with zero attached hydrogens (tertiary/aromatic N) is 1. The van der Waals surface area contributed by atoms with Gasteiger partial charge in [0.25, 0.3) is 0 Å². The standard InChI is InChI=1S/C19H17N3O5/c1-2-11-9-6-10-13-14(11)15(12-7-4-3-5-8-12)16(17(20)22(26)21-13)27-19(25)18(23)24/h3-10,17H,2,20H2,1H3,(H-,21,23,24,26)/p+1/t17-/m1/s1. The summed E-state index contributed by atoms with van der Waals surface area (Å²) in [7, 11) is 0. The predicted molar refractivity (Wildman–Crippen MR) is 97.2 cm³/mol. The largest absolute Gasteiger partial charge is 0.473 e. The lowest BCUT2D eigenvalue weighted by Crippen LogP contribution is -2.39. The van der Waals surface area contributed by atoms with Crippen LogP contribution in [0.2, 0.25) is 0 Å². The van der Waals surface area contributed by atoms with Crippen molar-refractivity contribution in [3.05, 3.63) is 75.9 Å². The molecule has 0 saturated carbocycles. The minimum atomic E-state index is -1.78. The zero-order valence-electron chi connectivity index (χ0n) is 14.5. The lowest BCUT2D eigenvalue weighted by molar-refractivity contribution is -0.550. The number of rotatable bonds is 3. The number of ether oxygens (including phenoxy) is 1. The van der Waals surface area contributed by atoms with Crippen molar-refractivity contribution in [2.24, 2.45) is 5.73 Å². The Morgan fingerprint density at radius 1 is 1.19 bits per heavy atom. The van der Waals surface area contributed by atoms with Crippen molar-refractivity contribution in [1.29, 1.82) is 0 Å². The Labute approximate surface area is 154 Å². The molecule has 8 nitrogen and oxygen atoms in total. The zero-order valence-corrected chi connectivity index (χ0v) is 14.5. The van der Waals surface area contributed by atoms with Gasteiger partial charge in [0.05, 0.1) is 4.91 Å². The van der Waals surface area contributed by atoms with Gasteiger partial charge in [-0.3, -0.25) is 5.73 Å². The summed E-state index contributed by atoms with van der Waals surface area (Å²) < 4.78 is 5.07. The van der Waals surface area contributed by atoms with E-state index in [9.17, 15) is 14.5 Å². The quantitative estimate of drug-likeness (QED) is 0.430. The van der Waals surface area contributed by atoms with Crippen molar-refractivity contribution in [3.63, 3.8) is 0 Å². The van der Waals surface area contributed by atoms with E-state index in [-0.39, 0.29) is 5.76 Å². The van der Waals surface area contributed by atoms with Gasteiger partial charge in [-0.25, -0.2) is 9.59 Å². The van der Waals surface area contributed by atoms with Crippen LogP contribution in [0.5, 0.6) is 0 Å². The van der Waals surface area contributed by atoms with Crippen LogP contribution in [0.15, 0.2) is 54.3 Å². The first-order chi connectivity index (χ1) is 12.9. The number of nitrogens with two attached hydrogens (primary N) is 1. The van der Waals surface area contributed by atoms with Crippen molar-refractivity contribution in [3.8, 4) is 0 Å². The number of fused-ring (bicyclic) bond motifs is 1. The molecule has 0 spiro atoms. The van der Waals surface area contributed by atoms with E-state index in [1.807, 2.05) is 19.1 Å². The van der Waals surface area contributed by atoms with Gasteiger partial charge in [0, 0.05) is 11.1 Å². The highest BCUT2D eigenvalue weighted by Crippen LogP contribution is 2.38. The summed E-state index contributed by atoms with van der Waals surface area (Å²) in [6.07, 6.45) is -0.796. The fourth-order valence-electron chi connectivity index (χ4n) is 3.00. The van der Waals surface area contributed by atoms with E-state index < -0.39 is 18.1 Å². The number of carboxylic acids is 1. The number of benzene rings is 2. The van der Waals surface area contributed by atoms with Gasteiger partial charge in [-0.1, -0.05) is 49.4 Å². The van der Waals surface area contributed by atoms with Crippen LogP contribution in [-0.4, -0.2) is 28.1 Å². The third-order valence-corrected chi connectivity index (χ3v) is 4.22. The number of aryl methyl sites for hydroxylation is 1. The van der Waals surface area contributed by atoms with Gasteiger partial charge in [0.2, 0.25) is 5.76 Å². The minimum Gasteiger partial charge on any atom is -0.473 e. The van der Waals surface area contributed by atoms with Gasteiger partial charge in [-0.15, -0.1) is 5.43 Å². The maximum atomic E-state index is 12.4. The number of aliphatic carboxylic acids is 1. The smallest absolute Gasteiger partial charge is 0.422 e. The molecular formula is C19H18N3O5+. The molecule has 0 unspecified atom stereocenters. The molecule has 0 radical (unpaired) electrons. The third-order valence-electron chi connectivity index (χ3n) is 4.22. The molecule has 138 valence electrons. The fourth-order valence-corrected chi connectivity index (χ4v) is 3.00. The minimum absolute atomic E-state index is 0.226. The molecule has 8 heteroatoms. The number of carboxylic acid groups (broad SMARTS) is 1. The maximum Gasteiger partial charge on any atom is 0.422 e. The number of hydrogen-bond donors (Lipinski definition) is 3. The lowest BCUT2D eigenvalue weighted by Gasteiger charge is -2.16. The van der Waals surface area contributed by atoms with Crippen LogP contribution < -0.4 is 11.2 Å². The Bertz CT molecular complexity index is 953. The maximum absolute atomic E-state index is 12.4. The fraction of sp³-hybridized carbons (Fsp3) is 0.158. The van der Waals surface area contributed by atoms with E-state index in [1.54, 1.807) is 36.4 Å². The number of hydrogen-bond acceptors (Lipinski definition) is 5. The van der Waals surface area contributed by atoms with Crippen molar-refractivity contribution < 1.29 is 24.3 Å². The van der Waals surface area contributed by atoms with Crippen molar-refractivity contribution >= 4 is 23.2 Å².